The molecule has 1 aliphatic rings. The van der Waals surface area contributed by atoms with E-state index in [-0.39, 0.29) is 6.10 Å². The van der Waals surface area contributed by atoms with Crippen molar-refractivity contribution in [2.24, 2.45) is 0 Å². The highest BCUT2D eigenvalue weighted by atomic mass is 16.3. The van der Waals surface area contributed by atoms with Crippen molar-refractivity contribution < 1.29 is 5.11 Å². The van der Waals surface area contributed by atoms with Crippen molar-refractivity contribution in [2.45, 2.75) is 19.1 Å². The van der Waals surface area contributed by atoms with Crippen LogP contribution >= 0.6 is 0 Å². The van der Waals surface area contributed by atoms with Gasteiger partial charge in [0.05, 0.1) is 17.8 Å². The maximum absolute atomic E-state index is 9.49. The summed E-state index contributed by atoms with van der Waals surface area (Å²) in [6.07, 6.45) is 2.58. The van der Waals surface area contributed by atoms with E-state index in [0.29, 0.717) is 0 Å². The van der Waals surface area contributed by atoms with Crippen molar-refractivity contribution in [3.05, 3.63) is 30.0 Å². The second-order valence-electron chi connectivity index (χ2n) is 4.43. The fourth-order valence-electron chi connectivity index (χ4n) is 2.36. The van der Waals surface area contributed by atoms with Gasteiger partial charge < -0.3 is 5.11 Å². The molecule has 2 heterocycles. The first-order chi connectivity index (χ1) is 7.83. The lowest BCUT2D eigenvalue weighted by Crippen LogP contribution is -2.21. The first-order valence-electron chi connectivity index (χ1n) is 5.64. The lowest BCUT2D eigenvalue weighted by molar-refractivity contribution is 0.175. The summed E-state index contributed by atoms with van der Waals surface area (Å²) in [4.78, 5) is 2.28. The predicted octanol–water partition coefficient (Wildman–Crippen LogP) is 1.13. The van der Waals surface area contributed by atoms with Gasteiger partial charge in [-0.1, -0.05) is 18.2 Å². The summed E-state index contributed by atoms with van der Waals surface area (Å²) in [5.74, 6) is 0. The highest BCUT2D eigenvalue weighted by Crippen LogP contribution is 2.19. The molecule has 2 N–H and O–H groups in total. The van der Waals surface area contributed by atoms with Crippen LogP contribution in [0, 0.1) is 0 Å². The van der Waals surface area contributed by atoms with Crippen molar-refractivity contribution >= 4 is 10.9 Å². The Labute approximate surface area is 93.9 Å². The molecule has 0 saturated carbocycles. The van der Waals surface area contributed by atoms with E-state index < -0.39 is 0 Å². The zero-order valence-electron chi connectivity index (χ0n) is 9.06. The van der Waals surface area contributed by atoms with Gasteiger partial charge in [-0.25, -0.2) is 0 Å². The van der Waals surface area contributed by atoms with E-state index in [9.17, 15) is 5.11 Å². The second-order valence-corrected chi connectivity index (χ2v) is 4.43. The minimum absolute atomic E-state index is 0.152. The Morgan fingerprint density at radius 2 is 2.44 bits per heavy atom. The number of hydrogen-bond acceptors (Lipinski definition) is 3. The zero-order chi connectivity index (χ0) is 11.0. The molecule has 0 bridgehead atoms. The zero-order valence-corrected chi connectivity index (χ0v) is 9.06. The Morgan fingerprint density at radius 1 is 1.50 bits per heavy atom. The van der Waals surface area contributed by atoms with E-state index in [0.717, 1.165) is 37.0 Å². The van der Waals surface area contributed by atoms with E-state index in [1.165, 1.54) is 5.56 Å². The third-order valence-electron chi connectivity index (χ3n) is 3.20. The number of H-pyrrole nitrogens is 1. The average Bonchev–Trinajstić information content (AvgIpc) is 2.87. The topological polar surface area (TPSA) is 52.1 Å². The van der Waals surface area contributed by atoms with E-state index in [4.69, 9.17) is 0 Å². The number of nitrogens with zero attached hydrogens (tertiary/aromatic N) is 2. The Morgan fingerprint density at radius 3 is 3.25 bits per heavy atom. The molecule has 1 atom stereocenters. The minimum Gasteiger partial charge on any atom is -0.392 e. The molecule has 16 heavy (non-hydrogen) atoms. The molecule has 0 unspecified atom stereocenters. The second kappa shape index (κ2) is 3.88. The Bertz CT molecular complexity index is 494. The molecule has 3 rings (SSSR count). The number of para-hydroxylation sites is 1. The van der Waals surface area contributed by atoms with Crippen LogP contribution in [-0.4, -0.2) is 39.4 Å². The molecule has 1 aliphatic heterocycles. The molecule has 4 heteroatoms. The summed E-state index contributed by atoms with van der Waals surface area (Å²) in [5, 5.41) is 17.7. The van der Waals surface area contributed by atoms with Crippen molar-refractivity contribution in [3.63, 3.8) is 0 Å². The molecule has 1 aromatic carbocycles. The molecule has 2 aromatic rings. The molecule has 0 amide bonds. The number of rotatable bonds is 2. The highest BCUT2D eigenvalue weighted by molar-refractivity contribution is 5.81. The number of aliphatic hydroxyl groups is 1. The number of aliphatic hydroxyl groups excluding tert-OH is 1. The molecule has 0 radical (unpaired) electrons. The molecule has 1 fully saturated rings. The third kappa shape index (κ3) is 1.70. The van der Waals surface area contributed by atoms with Crippen LogP contribution in [0.1, 0.15) is 12.0 Å². The summed E-state index contributed by atoms with van der Waals surface area (Å²) in [7, 11) is 0. The number of β-amino-alcohol motifs (C(OH)–C–C–N with tert-alkyl or cyclic N) is 1. The Kier molecular flexibility index (Phi) is 2.38. The van der Waals surface area contributed by atoms with Crippen LogP contribution in [0.2, 0.25) is 0 Å². The molecule has 1 saturated heterocycles. The number of nitrogens with one attached hydrogen (secondary N) is 1. The van der Waals surface area contributed by atoms with Gasteiger partial charge in [0.1, 0.15) is 0 Å². The number of hydrogen-bond donors (Lipinski definition) is 2. The summed E-state index contributed by atoms with van der Waals surface area (Å²) in [5.41, 5.74) is 2.37. The van der Waals surface area contributed by atoms with Gasteiger partial charge in [-0.2, -0.15) is 5.10 Å². The Balaban J connectivity index is 1.86. The fourth-order valence-corrected chi connectivity index (χ4v) is 2.36. The van der Waals surface area contributed by atoms with Crippen molar-refractivity contribution in [1.29, 1.82) is 0 Å². The molecular formula is C12H15N3O. The van der Waals surface area contributed by atoms with E-state index in [1.807, 2.05) is 6.20 Å². The van der Waals surface area contributed by atoms with E-state index in [1.54, 1.807) is 0 Å². The van der Waals surface area contributed by atoms with E-state index in [2.05, 4.69) is 33.3 Å². The average molecular weight is 217 g/mol. The number of aromatic nitrogens is 2. The summed E-state index contributed by atoms with van der Waals surface area (Å²) >= 11 is 0. The number of benzene rings is 1. The lowest BCUT2D eigenvalue weighted by atomic mass is 10.1. The smallest absolute Gasteiger partial charge is 0.0695 e. The van der Waals surface area contributed by atoms with Crippen LogP contribution in [0.25, 0.3) is 10.9 Å². The van der Waals surface area contributed by atoms with Gasteiger partial charge in [0.2, 0.25) is 0 Å². The van der Waals surface area contributed by atoms with Crippen LogP contribution in [0.5, 0.6) is 0 Å². The molecular weight excluding hydrogens is 202 g/mol. The number of fused-ring (bicyclic) bond motifs is 1. The van der Waals surface area contributed by atoms with Gasteiger partial charge >= 0.3 is 0 Å². The fraction of sp³-hybridized carbons (Fsp3) is 0.417. The van der Waals surface area contributed by atoms with Gasteiger partial charge in [-0.3, -0.25) is 10.00 Å². The van der Waals surface area contributed by atoms with Crippen LogP contribution in [0.3, 0.4) is 0 Å². The maximum atomic E-state index is 9.49. The first-order valence-corrected chi connectivity index (χ1v) is 5.64. The van der Waals surface area contributed by atoms with Crippen molar-refractivity contribution in [3.8, 4) is 0 Å². The highest BCUT2D eigenvalue weighted by Gasteiger charge is 2.20. The van der Waals surface area contributed by atoms with Crippen molar-refractivity contribution in [1.82, 2.24) is 15.1 Å². The molecule has 0 aliphatic carbocycles. The van der Waals surface area contributed by atoms with Gasteiger partial charge in [0.25, 0.3) is 0 Å². The SMILES string of the molecule is O[C@H]1CCN(Cc2cccc3cn[nH]c23)C1. The van der Waals surface area contributed by atoms with Gasteiger partial charge in [0, 0.05) is 25.0 Å². The van der Waals surface area contributed by atoms with Gasteiger partial charge in [-0.15, -0.1) is 0 Å². The number of likely N-dealkylation sites (tertiary alicyclic amines) is 1. The van der Waals surface area contributed by atoms with Crippen LogP contribution in [-0.2, 0) is 6.54 Å². The summed E-state index contributed by atoms with van der Waals surface area (Å²) in [6.45, 7) is 2.65. The van der Waals surface area contributed by atoms with Gasteiger partial charge in [0.15, 0.2) is 0 Å². The number of aromatic amines is 1. The maximum Gasteiger partial charge on any atom is 0.0695 e. The Hall–Kier alpha value is -1.39. The molecule has 84 valence electrons. The summed E-state index contributed by atoms with van der Waals surface area (Å²) < 4.78 is 0. The van der Waals surface area contributed by atoms with E-state index >= 15 is 0 Å². The molecule has 4 nitrogen and oxygen atoms in total. The largest absolute Gasteiger partial charge is 0.392 e. The quantitative estimate of drug-likeness (QED) is 0.793. The lowest BCUT2D eigenvalue weighted by Gasteiger charge is -2.15. The minimum atomic E-state index is -0.152. The van der Waals surface area contributed by atoms with Crippen LogP contribution in [0.15, 0.2) is 24.4 Å². The standard InChI is InChI=1S/C12H15N3O/c16-11-4-5-15(8-11)7-10-3-1-2-9-6-13-14-12(9)10/h1-3,6,11,16H,4-5,7-8H2,(H,13,14)/t11-/m0/s1. The van der Waals surface area contributed by atoms with Crippen LogP contribution < -0.4 is 0 Å². The van der Waals surface area contributed by atoms with Crippen molar-refractivity contribution in [2.75, 3.05) is 13.1 Å². The molecule has 1 aromatic heterocycles. The first kappa shape index (κ1) is 9.81. The third-order valence-corrected chi connectivity index (χ3v) is 3.20. The van der Waals surface area contributed by atoms with Crippen LogP contribution in [0.4, 0.5) is 0 Å². The normalized spacial score (nSPS) is 21.9. The predicted molar refractivity (Wildman–Crippen MR) is 62.0 cm³/mol. The summed E-state index contributed by atoms with van der Waals surface area (Å²) in [6, 6.07) is 6.23. The van der Waals surface area contributed by atoms with Gasteiger partial charge in [-0.05, 0) is 12.0 Å². The monoisotopic (exact) mass is 217 g/mol. The molecule has 0 spiro atoms.